The fourth-order valence-electron chi connectivity index (χ4n) is 4.48. The Morgan fingerprint density at radius 3 is 1.50 bits per heavy atom. The number of pyridine rings is 2. The molecule has 0 saturated carbocycles. The summed E-state index contributed by atoms with van der Waals surface area (Å²) in [4.78, 5) is 26.3. The lowest BCUT2D eigenvalue weighted by molar-refractivity contribution is -0.708. The fourth-order valence-corrected chi connectivity index (χ4v) is 4.85. The van der Waals surface area contributed by atoms with Gasteiger partial charge in [0, 0.05) is 59.4 Å². The van der Waals surface area contributed by atoms with Crippen LogP contribution in [-0.2, 0) is 19.8 Å². The van der Waals surface area contributed by atoms with Gasteiger partial charge in [0.25, 0.3) is 0 Å². The van der Waals surface area contributed by atoms with E-state index in [1.165, 1.54) is 22.2 Å². The van der Waals surface area contributed by atoms with E-state index in [0.717, 1.165) is 48.1 Å². The second-order valence-corrected chi connectivity index (χ2v) is 12.4. The summed E-state index contributed by atoms with van der Waals surface area (Å²) in [6, 6.07) is 18.2. The van der Waals surface area contributed by atoms with E-state index in [0.29, 0.717) is 45.9 Å². The van der Waals surface area contributed by atoms with Crippen molar-refractivity contribution in [1.29, 1.82) is 0 Å². The summed E-state index contributed by atoms with van der Waals surface area (Å²) in [5.41, 5.74) is 7.37. The maximum absolute atomic E-state index is 11.1. The zero-order valence-corrected chi connectivity index (χ0v) is 33.0. The van der Waals surface area contributed by atoms with Crippen molar-refractivity contribution < 1.29 is 47.6 Å². The van der Waals surface area contributed by atoms with E-state index in [4.69, 9.17) is 32.7 Å². The number of nitrogens with zero attached hydrogens (tertiary/aromatic N) is 2. The predicted octanol–water partition coefficient (Wildman–Crippen LogP) is 6.62. The number of carbonyl (C=O) groups excluding carboxylic acids is 2. The number of rotatable bonds is 11. The Kier molecular flexibility index (Phi) is 20.3. The SMILES string of the molecule is CCCI.CCC[n+]1c(C)cc(COc2ccc(Cl)cc2C=O)cc1C.Cc1cc(COc2ccc(Cl)cc2C=O)cc(C)n1.[I-]. The summed E-state index contributed by atoms with van der Waals surface area (Å²) in [6.07, 6.45) is 3.92. The van der Waals surface area contributed by atoms with Gasteiger partial charge in [-0.15, -0.1) is 0 Å². The van der Waals surface area contributed by atoms with Crippen LogP contribution in [0, 0.1) is 27.7 Å². The molecule has 2 heterocycles. The van der Waals surface area contributed by atoms with Gasteiger partial charge in [-0.2, -0.15) is 0 Å². The van der Waals surface area contributed by atoms with Crippen molar-refractivity contribution in [2.45, 2.75) is 74.1 Å². The van der Waals surface area contributed by atoms with Crippen LogP contribution in [0.1, 0.15) is 81.3 Å². The summed E-state index contributed by atoms with van der Waals surface area (Å²) >= 11 is 14.1. The zero-order chi connectivity index (χ0) is 33.4. The first kappa shape index (κ1) is 41.7. The molecule has 0 aliphatic rings. The molecular weight excluding hydrogens is 849 g/mol. The highest BCUT2D eigenvalue weighted by Crippen LogP contribution is 2.23. The van der Waals surface area contributed by atoms with Crippen molar-refractivity contribution in [1.82, 2.24) is 4.98 Å². The van der Waals surface area contributed by atoms with E-state index >= 15 is 0 Å². The number of alkyl halides is 1. The molecule has 0 unspecified atom stereocenters. The van der Waals surface area contributed by atoms with E-state index in [-0.39, 0.29) is 24.0 Å². The molecule has 10 heteroatoms. The molecule has 4 rings (SSSR count). The van der Waals surface area contributed by atoms with E-state index < -0.39 is 0 Å². The van der Waals surface area contributed by atoms with E-state index in [9.17, 15) is 9.59 Å². The van der Waals surface area contributed by atoms with Gasteiger partial charge in [-0.1, -0.05) is 59.6 Å². The molecule has 0 saturated heterocycles. The molecule has 248 valence electrons. The molecule has 0 radical (unpaired) electrons. The molecule has 0 spiro atoms. The number of benzene rings is 2. The van der Waals surface area contributed by atoms with Crippen molar-refractivity contribution >= 4 is 58.4 Å². The van der Waals surface area contributed by atoms with E-state index in [1.807, 2.05) is 26.0 Å². The number of aromatic nitrogens is 2. The van der Waals surface area contributed by atoms with Gasteiger partial charge in [0.1, 0.15) is 31.3 Å². The number of hydrogen-bond acceptors (Lipinski definition) is 5. The smallest absolute Gasteiger partial charge is 0.178 e. The highest BCUT2D eigenvalue weighted by molar-refractivity contribution is 14.1. The quantitative estimate of drug-likeness (QED) is 0.0734. The lowest BCUT2D eigenvalue weighted by Crippen LogP contribution is -3.00. The van der Waals surface area contributed by atoms with Crippen LogP contribution in [0.2, 0.25) is 10.0 Å². The molecule has 0 atom stereocenters. The number of aldehydes is 2. The second-order valence-electron chi connectivity index (χ2n) is 10.4. The van der Waals surface area contributed by atoms with Gasteiger partial charge >= 0.3 is 0 Å². The average molecular weight is 891 g/mol. The fraction of sp³-hybridized carbons (Fsp3) is 0.333. The summed E-state index contributed by atoms with van der Waals surface area (Å²) in [6.45, 7) is 14.3. The summed E-state index contributed by atoms with van der Waals surface area (Å²) < 4.78 is 15.0. The monoisotopic (exact) mass is 890 g/mol. The van der Waals surface area contributed by atoms with Crippen LogP contribution in [0.5, 0.6) is 11.5 Å². The molecule has 0 amide bonds. The highest BCUT2D eigenvalue weighted by atomic mass is 127. The van der Waals surface area contributed by atoms with Crippen LogP contribution in [-0.4, -0.2) is 22.0 Å². The zero-order valence-electron chi connectivity index (χ0n) is 27.2. The van der Waals surface area contributed by atoms with E-state index in [2.05, 4.69) is 72.0 Å². The maximum atomic E-state index is 11.1. The van der Waals surface area contributed by atoms with Crippen molar-refractivity contribution in [3.05, 3.63) is 116 Å². The Bertz CT molecular complexity index is 1520. The Morgan fingerprint density at radius 2 is 1.13 bits per heavy atom. The first-order chi connectivity index (χ1) is 21.5. The third-order valence-electron chi connectivity index (χ3n) is 6.40. The average Bonchev–Trinajstić information content (AvgIpc) is 3.01. The molecule has 4 aromatic rings. The molecule has 0 fully saturated rings. The minimum Gasteiger partial charge on any atom is -1.00 e. The predicted molar refractivity (Wildman–Crippen MR) is 192 cm³/mol. The molecular formula is C36H42Cl2I2N2O4. The van der Waals surface area contributed by atoms with Gasteiger partial charge in [-0.3, -0.25) is 14.6 Å². The number of carbonyl (C=O) groups is 2. The molecule has 0 N–H and O–H groups in total. The normalized spacial score (nSPS) is 9.93. The van der Waals surface area contributed by atoms with Crippen LogP contribution in [0.3, 0.4) is 0 Å². The lowest BCUT2D eigenvalue weighted by atomic mass is 10.2. The molecule has 0 aliphatic carbocycles. The Labute approximate surface area is 314 Å². The third-order valence-corrected chi connectivity index (χ3v) is 7.95. The third kappa shape index (κ3) is 14.2. The van der Waals surface area contributed by atoms with Crippen LogP contribution in [0.25, 0.3) is 0 Å². The molecule has 0 aliphatic heterocycles. The number of aryl methyl sites for hydroxylation is 4. The molecule has 46 heavy (non-hydrogen) atoms. The summed E-state index contributed by atoms with van der Waals surface area (Å²) in [5.74, 6) is 1.09. The van der Waals surface area contributed by atoms with Gasteiger partial charge in [-0.05, 0) is 78.8 Å². The van der Waals surface area contributed by atoms with Crippen LogP contribution in [0.15, 0.2) is 60.7 Å². The second kappa shape index (κ2) is 22.3. The van der Waals surface area contributed by atoms with Crippen molar-refractivity contribution in [3.63, 3.8) is 0 Å². The first-order valence-electron chi connectivity index (χ1n) is 14.8. The standard InChI is InChI=1S/C18H21ClNO2.C15H14ClNO2.C3H7I.HI/c1-4-7-20-13(2)8-15(9-14(20)3)12-22-18-6-5-17(19)10-16(18)11-21;1-10-5-12(6-11(2)17-10)9-19-15-4-3-14(16)7-13(15)8-18;1-2-3-4;/h5-6,8-11H,4,7,12H2,1-3H3;3-8H,9H2,1-2H3;2-3H2,1H3;1H/q+1;;;/p-1. The highest BCUT2D eigenvalue weighted by Gasteiger charge is 2.13. The Morgan fingerprint density at radius 1 is 0.717 bits per heavy atom. The number of hydrogen-bond donors (Lipinski definition) is 0. The molecule has 6 nitrogen and oxygen atoms in total. The first-order valence-corrected chi connectivity index (χ1v) is 17.1. The van der Waals surface area contributed by atoms with Crippen LogP contribution in [0.4, 0.5) is 0 Å². The maximum Gasteiger partial charge on any atom is 0.178 e. The Balaban J connectivity index is 0.000000407. The van der Waals surface area contributed by atoms with Crippen molar-refractivity contribution in [2.24, 2.45) is 0 Å². The largest absolute Gasteiger partial charge is 1.00 e. The van der Waals surface area contributed by atoms with Gasteiger partial charge in [0.2, 0.25) is 0 Å². The minimum atomic E-state index is 0. The number of halogens is 4. The van der Waals surface area contributed by atoms with Crippen molar-refractivity contribution in [3.8, 4) is 11.5 Å². The van der Waals surface area contributed by atoms with Crippen LogP contribution < -0.4 is 38.0 Å². The molecule has 2 aromatic carbocycles. The Hall–Kier alpha value is -2.28. The minimum absolute atomic E-state index is 0. The topological polar surface area (TPSA) is 69.4 Å². The summed E-state index contributed by atoms with van der Waals surface area (Å²) in [7, 11) is 0. The van der Waals surface area contributed by atoms with E-state index in [1.54, 1.807) is 36.4 Å². The number of ether oxygens (including phenoxy) is 2. The van der Waals surface area contributed by atoms with Gasteiger partial charge in [-0.25, -0.2) is 4.57 Å². The van der Waals surface area contributed by atoms with Crippen LogP contribution >= 0.6 is 45.8 Å². The molecule has 0 bridgehead atoms. The van der Waals surface area contributed by atoms with Crippen molar-refractivity contribution in [2.75, 3.05) is 4.43 Å². The lowest BCUT2D eigenvalue weighted by Gasteiger charge is -2.10. The van der Waals surface area contributed by atoms with Gasteiger partial charge < -0.3 is 33.5 Å². The molecule has 2 aromatic heterocycles. The summed E-state index contributed by atoms with van der Waals surface area (Å²) in [5, 5.41) is 1.05. The van der Waals surface area contributed by atoms with Gasteiger partial charge in [0.15, 0.2) is 24.0 Å². The van der Waals surface area contributed by atoms with Gasteiger partial charge in [0.05, 0.1) is 11.1 Å².